The molecule has 0 radical (unpaired) electrons. The van der Waals surface area contributed by atoms with Crippen LogP contribution in [0.4, 0.5) is 0 Å². The third-order valence-electron chi connectivity index (χ3n) is 9.33. The molecule has 4 saturated carbocycles. The lowest BCUT2D eigenvalue weighted by atomic mass is 9.55. The molecule has 6 bridgehead atoms. The van der Waals surface area contributed by atoms with Crippen LogP contribution in [-0.2, 0) is 4.79 Å². The first-order chi connectivity index (χ1) is 11.1. The van der Waals surface area contributed by atoms with E-state index < -0.39 is 5.60 Å². The number of aliphatic hydroxyl groups is 1. The third-order valence-corrected chi connectivity index (χ3v) is 9.33. The number of carbonyl (C=O) groups is 1. The fraction of sp³-hybridized carbons (Fsp3) is 0.950. The van der Waals surface area contributed by atoms with Gasteiger partial charge in [0.1, 0.15) is 5.78 Å². The van der Waals surface area contributed by atoms with E-state index in [0.29, 0.717) is 53.9 Å². The van der Waals surface area contributed by atoms with Crippen molar-refractivity contribution in [3.05, 3.63) is 0 Å². The van der Waals surface area contributed by atoms with E-state index in [-0.39, 0.29) is 5.54 Å². The van der Waals surface area contributed by atoms with Crippen molar-refractivity contribution in [2.45, 2.75) is 87.9 Å². The van der Waals surface area contributed by atoms with Gasteiger partial charge in [-0.2, -0.15) is 0 Å². The predicted molar refractivity (Wildman–Crippen MR) is 86.8 cm³/mol. The van der Waals surface area contributed by atoms with Crippen molar-refractivity contribution in [3.63, 3.8) is 0 Å². The molecule has 10 atom stereocenters. The molecule has 1 N–H and O–H groups in total. The van der Waals surface area contributed by atoms with Crippen molar-refractivity contribution in [3.8, 4) is 0 Å². The molecule has 7 rings (SSSR count). The quantitative estimate of drug-likeness (QED) is 0.747. The Morgan fingerprint density at radius 1 is 1.17 bits per heavy atom. The van der Waals surface area contributed by atoms with Crippen molar-refractivity contribution in [1.29, 1.82) is 0 Å². The number of carbonyl (C=O) groups excluding carboxylic acids is 1. The van der Waals surface area contributed by atoms with Gasteiger partial charge < -0.3 is 5.11 Å². The Hall–Kier alpha value is -0.410. The third kappa shape index (κ3) is 1.28. The SMILES string of the molecule is C[C@H]1CC[C@@H]2[C@H]3CC4C[C@]2(O)[C@@]2(CC(=O)[C@@H]5CCCC[C@H]5[C@H]42)N31. The summed E-state index contributed by atoms with van der Waals surface area (Å²) in [7, 11) is 0. The number of ketones is 1. The fourth-order valence-corrected chi connectivity index (χ4v) is 9.04. The molecule has 0 aromatic rings. The van der Waals surface area contributed by atoms with Gasteiger partial charge in [-0.05, 0) is 63.2 Å². The van der Waals surface area contributed by atoms with Crippen LogP contribution in [0.1, 0.15) is 64.7 Å². The zero-order chi connectivity index (χ0) is 15.6. The summed E-state index contributed by atoms with van der Waals surface area (Å²) in [5, 5.41) is 11.9. The Morgan fingerprint density at radius 2 is 2.00 bits per heavy atom. The van der Waals surface area contributed by atoms with Crippen LogP contribution in [-0.4, -0.2) is 39.0 Å². The van der Waals surface area contributed by atoms with Crippen molar-refractivity contribution in [2.24, 2.45) is 29.6 Å². The van der Waals surface area contributed by atoms with Crippen molar-refractivity contribution >= 4 is 5.78 Å². The van der Waals surface area contributed by atoms with E-state index in [4.69, 9.17) is 0 Å². The minimum Gasteiger partial charge on any atom is -0.388 e. The molecule has 7 aliphatic rings. The Balaban J connectivity index is 1.56. The van der Waals surface area contributed by atoms with Crippen LogP contribution in [0.25, 0.3) is 0 Å². The number of fused-ring (bicyclic) bond motifs is 1. The monoisotopic (exact) mass is 315 g/mol. The van der Waals surface area contributed by atoms with Gasteiger partial charge in [0.25, 0.3) is 0 Å². The predicted octanol–water partition coefficient (Wildman–Crippen LogP) is 2.76. The average molecular weight is 315 g/mol. The van der Waals surface area contributed by atoms with Crippen molar-refractivity contribution < 1.29 is 9.90 Å². The standard InChI is InChI=1S/C20H29NO2/c1-11-6-7-15-16-8-12-9-20(15,23)19(21(11)16)10-17(22)13-4-2-3-5-14(13)18(12)19/h11-16,18,23H,2-10H2,1H3/t11-,12?,13+,14+,15+,16+,18-,19-,20+/m0/s1. The van der Waals surface area contributed by atoms with Crippen LogP contribution >= 0.6 is 0 Å². The summed E-state index contributed by atoms with van der Waals surface area (Å²) in [5.41, 5.74) is -0.717. The van der Waals surface area contributed by atoms with E-state index in [1.807, 2.05) is 0 Å². The zero-order valence-corrected chi connectivity index (χ0v) is 14.2. The molecule has 0 amide bonds. The first-order valence-corrected chi connectivity index (χ1v) is 10.1. The van der Waals surface area contributed by atoms with Gasteiger partial charge >= 0.3 is 0 Å². The number of Topliss-reactive ketones (excluding diaryl/α,β-unsaturated/α-hetero) is 1. The van der Waals surface area contributed by atoms with Crippen LogP contribution < -0.4 is 0 Å². The van der Waals surface area contributed by atoms with E-state index in [2.05, 4.69) is 11.8 Å². The van der Waals surface area contributed by atoms with Gasteiger partial charge in [0.2, 0.25) is 0 Å². The number of hydrogen-bond donors (Lipinski definition) is 1. The molecule has 0 aromatic carbocycles. The summed E-state index contributed by atoms with van der Waals surface area (Å²) in [6.45, 7) is 2.36. The van der Waals surface area contributed by atoms with Crippen LogP contribution in [0.3, 0.4) is 0 Å². The second kappa shape index (κ2) is 4.04. The maximum Gasteiger partial charge on any atom is 0.138 e. The Morgan fingerprint density at radius 3 is 2.87 bits per heavy atom. The molecule has 23 heavy (non-hydrogen) atoms. The van der Waals surface area contributed by atoms with Gasteiger partial charge in [0.15, 0.2) is 0 Å². The first-order valence-electron chi connectivity index (χ1n) is 10.1. The van der Waals surface area contributed by atoms with E-state index in [9.17, 15) is 9.90 Å². The van der Waals surface area contributed by atoms with Crippen molar-refractivity contribution in [2.75, 3.05) is 0 Å². The smallest absolute Gasteiger partial charge is 0.138 e. The minimum atomic E-state index is -0.548. The second-order valence-corrected chi connectivity index (χ2v) is 9.78. The summed E-state index contributed by atoms with van der Waals surface area (Å²) in [5.74, 6) is 3.17. The molecular formula is C20H29NO2. The summed E-state index contributed by atoms with van der Waals surface area (Å²) < 4.78 is 0. The lowest BCUT2D eigenvalue weighted by molar-refractivity contribution is -0.160. The highest BCUT2D eigenvalue weighted by Crippen LogP contribution is 2.74. The van der Waals surface area contributed by atoms with Gasteiger partial charge in [0.05, 0.1) is 11.1 Å². The van der Waals surface area contributed by atoms with E-state index >= 15 is 0 Å². The highest BCUT2D eigenvalue weighted by Gasteiger charge is 2.82. The van der Waals surface area contributed by atoms with Crippen molar-refractivity contribution in [1.82, 2.24) is 4.90 Å². The highest BCUT2D eigenvalue weighted by molar-refractivity contribution is 5.84. The fourth-order valence-electron chi connectivity index (χ4n) is 9.04. The van der Waals surface area contributed by atoms with E-state index in [1.54, 1.807) is 0 Å². The Bertz CT molecular complexity index is 590. The second-order valence-electron chi connectivity index (χ2n) is 9.78. The maximum atomic E-state index is 13.1. The molecule has 4 aliphatic carbocycles. The Kier molecular flexibility index (Phi) is 2.43. The summed E-state index contributed by atoms with van der Waals surface area (Å²) in [6, 6.07) is 1.13. The van der Waals surface area contributed by atoms with Gasteiger partial charge in [-0.1, -0.05) is 12.8 Å². The summed E-state index contributed by atoms with van der Waals surface area (Å²) in [6.07, 6.45) is 10.3. The molecule has 1 spiro atoms. The molecule has 3 heterocycles. The zero-order valence-electron chi connectivity index (χ0n) is 14.2. The van der Waals surface area contributed by atoms with Gasteiger partial charge in [-0.3, -0.25) is 9.69 Å². The van der Waals surface area contributed by atoms with Crippen LogP contribution in [0.15, 0.2) is 0 Å². The minimum absolute atomic E-state index is 0.170. The molecular weight excluding hydrogens is 286 g/mol. The average Bonchev–Trinajstić information content (AvgIpc) is 2.75. The number of piperidine rings is 2. The van der Waals surface area contributed by atoms with Gasteiger partial charge in [-0.15, -0.1) is 0 Å². The lowest BCUT2D eigenvalue weighted by Gasteiger charge is -2.59. The largest absolute Gasteiger partial charge is 0.388 e. The number of nitrogens with zero attached hydrogens (tertiary/aromatic N) is 1. The van der Waals surface area contributed by atoms with Gasteiger partial charge in [0, 0.05) is 30.3 Å². The van der Waals surface area contributed by atoms with Gasteiger partial charge in [-0.25, -0.2) is 0 Å². The maximum absolute atomic E-state index is 13.1. The van der Waals surface area contributed by atoms with Crippen LogP contribution in [0, 0.1) is 29.6 Å². The molecule has 3 heteroatoms. The van der Waals surface area contributed by atoms with Crippen LogP contribution in [0.5, 0.6) is 0 Å². The lowest BCUT2D eigenvalue weighted by Crippen LogP contribution is -2.68. The first kappa shape index (κ1) is 13.8. The summed E-state index contributed by atoms with van der Waals surface area (Å²) in [4.78, 5) is 15.9. The normalized spacial score (nSPS) is 65.6. The molecule has 3 saturated heterocycles. The number of rotatable bonds is 0. The molecule has 0 aromatic heterocycles. The summed E-state index contributed by atoms with van der Waals surface area (Å²) >= 11 is 0. The molecule has 3 nitrogen and oxygen atoms in total. The number of hydrogen-bond acceptors (Lipinski definition) is 3. The topological polar surface area (TPSA) is 40.5 Å². The van der Waals surface area contributed by atoms with E-state index in [1.165, 1.54) is 38.5 Å². The molecule has 2 unspecified atom stereocenters. The molecule has 126 valence electrons. The van der Waals surface area contributed by atoms with E-state index in [0.717, 1.165) is 12.8 Å². The van der Waals surface area contributed by atoms with Crippen LogP contribution in [0.2, 0.25) is 0 Å². The Labute approximate surface area is 138 Å². The highest BCUT2D eigenvalue weighted by atomic mass is 16.3. The molecule has 3 aliphatic heterocycles. The molecule has 7 fully saturated rings.